The first-order valence-corrected chi connectivity index (χ1v) is 10.4. The molecule has 0 radical (unpaired) electrons. The maximum Gasteiger partial charge on any atom is 0.308 e. The van der Waals surface area contributed by atoms with E-state index in [0.29, 0.717) is 5.56 Å². The molecule has 4 nitrogen and oxygen atoms in total. The lowest BCUT2D eigenvalue weighted by Crippen LogP contribution is -2.37. The van der Waals surface area contributed by atoms with Crippen LogP contribution in [0.3, 0.4) is 0 Å². The van der Waals surface area contributed by atoms with Crippen molar-refractivity contribution in [1.82, 2.24) is 0 Å². The summed E-state index contributed by atoms with van der Waals surface area (Å²) < 4.78 is 4.76. The van der Waals surface area contributed by atoms with Gasteiger partial charge >= 0.3 is 5.97 Å². The summed E-state index contributed by atoms with van der Waals surface area (Å²) in [6.07, 6.45) is -2.42. The fourth-order valence-corrected chi connectivity index (χ4v) is 3.07. The number of ether oxygens (including phenoxy) is 1. The van der Waals surface area contributed by atoms with Crippen molar-refractivity contribution in [3.8, 4) is 0 Å². The molecule has 112 valence electrons. The predicted molar refractivity (Wildman–Crippen MR) is 81.6 cm³/mol. The van der Waals surface area contributed by atoms with E-state index in [0.717, 1.165) is 0 Å². The van der Waals surface area contributed by atoms with Crippen molar-refractivity contribution in [1.29, 1.82) is 0 Å². The molecule has 0 saturated heterocycles. The number of rotatable bonds is 6. The summed E-state index contributed by atoms with van der Waals surface area (Å²) in [5.74, 6) is -0.502. The van der Waals surface area contributed by atoms with Crippen LogP contribution in [0.2, 0.25) is 19.6 Å². The Labute approximate surface area is 121 Å². The van der Waals surface area contributed by atoms with Crippen LogP contribution >= 0.6 is 0 Å². The van der Waals surface area contributed by atoms with Gasteiger partial charge in [0.2, 0.25) is 0 Å². The van der Waals surface area contributed by atoms with Crippen LogP contribution < -0.4 is 5.19 Å². The van der Waals surface area contributed by atoms with Gasteiger partial charge in [0.25, 0.3) is 0 Å². The van der Waals surface area contributed by atoms with Crippen LogP contribution in [0.5, 0.6) is 0 Å². The Kier molecular flexibility index (Phi) is 5.92. The normalized spacial score (nSPS) is 14.7. The second-order valence-corrected chi connectivity index (χ2v) is 11.0. The van der Waals surface area contributed by atoms with Crippen LogP contribution in [0.15, 0.2) is 24.3 Å². The number of benzene rings is 1. The second-order valence-electron chi connectivity index (χ2n) is 5.89. The average molecular weight is 296 g/mol. The van der Waals surface area contributed by atoms with Crippen LogP contribution in [0.25, 0.3) is 0 Å². The monoisotopic (exact) mass is 296 g/mol. The molecule has 2 unspecified atom stereocenters. The number of carbonyl (C=O) groups excluding carboxylic acids is 1. The lowest BCUT2D eigenvalue weighted by atomic mass is 10.0. The van der Waals surface area contributed by atoms with Gasteiger partial charge in [-0.15, -0.1) is 0 Å². The highest BCUT2D eigenvalue weighted by Gasteiger charge is 2.23. The number of carbonyl (C=O) groups is 1. The molecule has 20 heavy (non-hydrogen) atoms. The van der Waals surface area contributed by atoms with Gasteiger partial charge in [-0.25, -0.2) is 0 Å². The summed E-state index contributed by atoms with van der Waals surface area (Å²) in [6.45, 7) is 8.71. The third kappa shape index (κ3) is 4.74. The fraction of sp³-hybridized carbons (Fsp3) is 0.533. The van der Waals surface area contributed by atoms with Gasteiger partial charge in [0.05, 0.1) is 27.2 Å². The largest absolute Gasteiger partial charge is 0.466 e. The molecular formula is C15H24O4Si. The van der Waals surface area contributed by atoms with Crippen molar-refractivity contribution < 1.29 is 19.7 Å². The zero-order valence-corrected chi connectivity index (χ0v) is 13.6. The molecule has 0 aliphatic carbocycles. The van der Waals surface area contributed by atoms with Crippen molar-refractivity contribution in [3.63, 3.8) is 0 Å². The van der Waals surface area contributed by atoms with Gasteiger partial charge in [0.1, 0.15) is 6.10 Å². The van der Waals surface area contributed by atoms with E-state index in [1.807, 2.05) is 24.3 Å². The minimum atomic E-state index is -1.37. The van der Waals surface area contributed by atoms with Gasteiger partial charge in [-0.2, -0.15) is 0 Å². The first-order chi connectivity index (χ1) is 9.25. The number of esters is 1. The van der Waals surface area contributed by atoms with Gasteiger partial charge in [-0.1, -0.05) is 49.1 Å². The molecule has 5 heteroatoms. The van der Waals surface area contributed by atoms with E-state index in [2.05, 4.69) is 19.6 Å². The van der Waals surface area contributed by atoms with E-state index >= 15 is 0 Å². The van der Waals surface area contributed by atoms with Crippen molar-refractivity contribution >= 4 is 19.2 Å². The minimum absolute atomic E-state index is 0.204. The van der Waals surface area contributed by atoms with Crippen molar-refractivity contribution in [2.45, 2.75) is 45.2 Å². The van der Waals surface area contributed by atoms with Crippen LogP contribution in [-0.2, 0) is 9.53 Å². The Morgan fingerprint density at radius 1 is 1.20 bits per heavy atom. The van der Waals surface area contributed by atoms with Crippen LogP contribution in [0.1, 0.15) is 25.0 Å². The molecule has 0 saturated carbocycles. The first kappa shape index (κ1) is 16.9. The van der Waals surface area contributed by atoms with E-state index in [-0.39, 0.29) is 13.0 Å². The Bertz CT molecular complexity index is 436. The third-order valence-corrected chi connectivity index (χ3v) is 5.23. The van der Waals surface area contributed by atoms with Gasteiger partial charge in [-0.3, -0.25) is 4.79 Å². The molecule has 1 aromatic rings. The Morgan fingerprint density at radius 2 is 1.75 bits per heavy atom. The molecule has 0 spiro atoms. The smallest absolute Gasteiger partial charge is 0.308 e. The molecule has 0 aliphatic rings. The third-order valence-electron chi connectivity index (χ3n) is 3.16. The SMILES string of the molecule is CCOC(=O)CC(O)C(O)c1ccc([Si](C)(C)C)cc1. The summed E-state index contributed by atoms with van der Waals surface area (Å²) in [5, 5.41) is 21.2. The second kappa shape index (κ2) is 7.01. The Balaban J connectivity index is 2.72. The van der Waals surface area contributed by atoms with Gasteiger partial charge in [-0.05, 0) is 12.5 Å². The van der Waals surface area contributed by atoms with Gasteiger partial charge in [0.15, 0.2) is 0 Å². The summed E-state index contributed by atoms with van der Waals surface area (Å²) >= 11 is 0. The minimum Gasteiger partial charge on any atom is -0.466 e. The lowest BCUT2D eigenvalue weighted by molar-refractivity contribution is -0.147. The highest BCUT2D eigenvalue weighted by Crippen LogP contribution is 2.19. The summed E-state index contributed by atoms with van der Waals surface area (Å²) in [4.78, 5) is 11.3. The summed E-state index contributed by atoms with van der Waals surface area (Å²) in [7, 11) is -1.37. The first-order valence-electron chi connectivity index (χ1n) is 6.88. The van der Waals surface area contributed by atoms with Crippen LogP contribution in [0, 0.1) is 0 Å². The molecule has 0 aliphatic heterocycles. The van der Waals surface area contributed by atoms with E-state index in [9.17, 15) is 15.0 Å². The standard InChI is InChI=1S/C15H24O4Si/c1-5-19-14(17)10-13(16)15(18)11-6-8-12(9-7-11)20(2,3)4/h6-9,13,15-16,18H,5,10H2,1-4H3. The maximum absolute atomic E-state index is 11.3. The van der Waals surface area contributed by atoms with E-state index in [1.54, 1.807) is 6.92 Å². The predicted octanol–water partition coefficient (Wildman–Crippen LogP) is 1.58. The lowest BCUT2D eigenvalue weighted by Gasteiger charge is -2.20. The molecule has 2 atom stereocenters. The average Bonchev–Trinajstić information content (AvgIpc) is 2.37. The van der Waals surface area contributed by atoms with E-state index in [1.165, 1.54) is 5.19 Å². The molecule has 0 amide bonds. The van der Waals surface area contributed by atoms with Crippen molar-refractivity contribution in [2.75, 3.05) is 6.61 Å². The molecule has 1 rings (SSSR count). The zero-order chi connectivity index (χ0) is 15.3. The topological polar surface area (TPSA) is 66.8 Å². The van der Waals surface area contributed by atoms with E-state index < -0.39 is 26.3 Å². The molecule has 1 aromatic carbocycles. The Hall–Kier alpha value is -1.17. The number of aliphatic hydroxyl groups excluding tert-OH is 2. The number of hydrogen-bond donors (Lipinski definition) is 2. The molecular weight excluding hydrogens is 272 g/mol. The zero-order valence-electron chi connectivity index (χ0n) is 12.6. The highest BCUT2D eigenvalue weighted by molar-refractivity contribution is 6.88. The summed E-state index contributed by atoms with van der Waals surface area (Å²) in [6, 6.07) is 7.60. The molecule has 0 aromatic heterocycles. The number of hydrogen-bond acceptors (Lipinski definition) is 4. The molecule has 2 N–H and O–H groups in total. The molecule has 0 fully saturated rings. The highest BCUT2D eigenvalue weighted by atomic mass is 28.3. The van der Waals surface area contributed by atoms with Crippen LogP contribution in [-0.4, -0.2) is 37.0 Å². The van der Waals surface area contributed by atoms with E-state index in [4.69, 9.17) is 4.74 Å². The van der Waals surface area contributed by atoms with Gasteiger partial charge < -0.3 is 14.9 Å². The van der Waals surface area contributed by atoms with Crippen LogP contribution in [0.4, 0.5) is 0 Å². The van der Waals surface area contributed by atoms with Crippen molar-refractivity contribution in [2.24, 2.45) is 0 Å². The molecule has 0 heterocycles. The quantitative estimate of drug-likeness (QED) is 0.618. The molecule has 0 bridgehead atoms. The number of aliphatic hydroxyl groups is 2. The van der Waals surface area contributed by atoms with Gasteiger partial charge in [0, 0.05) is 0 Å². The van der Waals surface area contributed by atoms with Crippen molar-refractivity contribution in [3.05, 3.63) is 29.8 Å². The summed E-state index contributed by atoms with van der Waals surface area (Å²) in [5.41, 5.74) is 0.615. The Morgan fingerprint density at radius 3 is 2.20 bits per heavy atom. The maximum atomic E-state index is 11.3. The fourth-order valence-electron chi connectivity index (χ4n) is 1.90.